The van der Waals surface area contributed by atoms with Crippen LogP contribution >= 0.6 is 34.9 Å². The number of hydrogen-bond donors (Lipinski definition) is 0. The molecule has 0 amide bonds. The number of rotatable bonds is 3. The van der Waals surface area contributed by atoms with Gasteiger partial charge in [0.15, 0.2) is 0 Å². The smallest absolute Gasteiger partial charge is 0.0433 e. The predicted octanol–water partition coefficient (Wildman–Crippen LogP) is 15.1. The molecule has 0 aliphatic carbocycles. The molecule has 51 heavy (non-hydrogen) atoms. The second kappa shape index (κ2) is 11.6. The Balaban J connectivity index is 1.18. The molecule has 0 N–H and O–H groups in total. The summed E-state index contributed by atoms with van der Waals surface area (Å²) in [4.78, 5) is 5.30. The maximum absolute atomic E-state index is 2.42. The molecule has 3 heteroatoms. The van der Waals surface area contributed by atoms with Crippen molar-refractivity contribution in [2.75, 3.05) is 0 Å². The fourth-order valence-corrected chi connectivity index (χ4v) is 11.6. The van der Waals surface area contributed by atoms with Crippen LogP contribution in [0.5, 0.6) is 0 Å². The Morgan fingerprint density at radius 1 is 0.294 bits per heavy atom. The summed E-state index contributed by atoms with van der Waals surface area (Å²) in [7, 11) is 0. The highest BCUT2D eigenvalue weighted by atomic mass is 32.2. The van der Waals surface area contributed by atoms with E-state index in [4.69, 9.17) is 0 Å². The molecular formula is C48H28S3. The van der Waals surface area contributed by atoms with Crippen molar-refractivity contribution in [1.82, 2.24) is 0 Å². The van der Waals surface area contributed by atoms with E-state index in [2.05, 4.69) is 170 Å². The zero-order valence-corrected chi connectivity index (χ0v) is 29.8. The van der Waals surface area contributed by atoms with Crippen LogP contribution in [-0.4, -0.2) is 0 Å². The van der Waals surface area contributed by atoms with E-state index in [1.165, 1.54) is 105 Å². The molecule has 9 aromatic carbocycles. The zero-order chi connectivity index (χ0) is 33.5. The standard InChI is InChI=1S/C48H28S3/c1-2-13-37-35(11-1)36-12-3-4-14-38(36)42-28-29(23-24-39(37)42)30-25-31(33-16-9-18-41-40-15-5-6-19-43(40)50-47(33)41)27-32(26-30)34-17-10-22-46-48(34)51-45-21-8-7-20-44(45)49-46/h1-28H. The van der Waals surface area contributed by atoms with Crippen molar-refractivity contribution in [3.05, 3.63) is 170 Å². The van der Waals surface area contributed by atoms with E-state index in [1.54, 1.807) is 0 Å². The molecule has 0 saturated heterocycles. The lowest BCUT2D eigenvalue weighted by Crippen LogP contribution is -1.93. The van der Waals surface area contributed by atoms with Gasteiger partial charge in [-0.15, -0.1) is 11.3 Å². The highest BCUT2D eigenvalue weighted by Crippen LogP contribution is 2.52. The average Bonchev–Trinajstić information content (AvgIpc) is 3.58. The van der Waals surface area contributed by atoms with Gasteiger partial charge in [0, 0.05) is 39.8 Å². The van der Waals surface area contributed by atoms with Gasteiger partial charge in [0.05, 0.1) is 0 Å². The van der Waals surface area contributed by atoms with Gasteiger partial charge in [-0.3, -0.25) is 0 Å². The first-order chi connectivity index (χ1) is 25.3. The molecule has 0 fully saturated rings. The van der Waals surface area contributed by atoms with Crippen LogP contribution in [0.15, 0.2) is 189 Å². The molecule has 11 rings (SSSR count). The van der Waals surface area contributed by atoms with Gasteiger partial charge < -0.3 is 0 Å². The van der Waals surface area contributed by atoms with Gasteiger partial charge in [-0.1, -0.05) is 145 Å². The third-order valence-corrected chi connectivity index (χ3v) is 14.1. The average molecular weight is 701 g/mol. The second-order valence-electron chi connectivity index (χ2n) is 13.2. The van der Waals surface area contributed by atoms with Gasteiger partial charge in [-0.2, -0.15) is 0 Å². The van der Waals surface area contributed by atoms with Crippen LogP contribution in [0.1, 0.15) is 0 Å². The topological polar surface area (TPSA) is 0 Å². The maximum atomic E-state index is 2.42. The summed E-state index contributed by atoms with van der Waals surface area (Å²) >= 11 is 5.68. The Labute approximate surface area is 308 Å². The summed E-state index contributed by atoms with van der Waals surface area (Å²) in [6.45, 7) is 0. The minimum Gasteiger partial charge on any atom is -0.135 e. The zero-order valence-electron chi connectivity index (χ0n) is 27.4. The molecule has 1 aliphatic rings. The van der Waals surface area contributed by atoms with Crippen molar-refractivity contribution in [2.45, 2.75) is 19.6 Å². The first-order valence-electron chi connectivity index (χ1n) is 17.2. The minimum absolute atomic E-state index is 1.23. The summed E-state index contributed by atoms with van der Waals surface area (Å²) in [5, 5.41) is 10.4. The largest absolute Gasteiger partial charge is 0.135 e. The Hall–Kier alpha value is -5.32. The van der Waals surface area contributed by atoms with Crippen molar-refractivity contribution < 1.29 is 0 Å². The van der Waals surface area contributed by atoms with E-state index in [0.717, 1.165) is 0 Å². The number of benzene rings is 9. The van der Waals surface area contributed by atoms with E-state index in [-0.39, 0.29) is 0 Å². The molecule has 0 spiro atoms. The molecule has 0 radical (unpaired) electrons. The summed E-state index contributed by atoms with van der Waals surface area (Å²) in [6, 6.07) is 63.2. The van der Waals surface area contributed by atoms with Crippen LogP contribution in [0, 0.1) is 0 Å². The quantitative estimate of drug-likeness (QED) is 0.168. The van der Waals surface area contributed by atoms with E-state index in [1.807, 2.05) is 34.9 Å². The summed E-state index contributed by atoms with van der Waals surface area (Å²) in [6.07, 6.45) is 0. The molecule has 2 heterocycles. The molecule has 0 unspecified atom stereocenters. The predicted molar refractivity (Wildman–Crippen MR) is 223 cm³/mol. The van der Waals surface area contributed by atoms with Crippen LogP contribution in [0.3, 0.4) is 0 Å². The van der Waals surface area contributed by atoms with Gasteiger partial charge in [0.1, 0.15) is 0 Å². The van der Waals surface area contributed by atoms with Gasteiger partial charge >= 0.3 is 0 Å². The lowest BCUT2D eigenvalue weighted by Gasteiger charge is -2.22. The first kappa shape index (κ1) is 29.4. The van der Waals surface area contributed by atoms with Crippen molar-refractivity contribution >= 4 is 87.4 Å². The fraction of sp³-hybridized carbons (Fsp3) is 0. The summed E-state index contributed by atoms with van der Waals surface area (Å²) in [5.74, 6) is 0. The molecule has 10 aromatic rings. The van der Waals surface area contributed by atoms with Crippen LogP contribution in [0.2, 0.25) is 0 Å². The Morgan fingerprint density at radius 2 is 0.824 bits per heavy atom. The minimum atomic E-state index is 1.23. The molecule has 0 nitrogen and oxygen atoms in total. The van der Waals surface area contributed by atoms with E-state index < -0.39 is 0 Å². The third-order valence-electron chi connectivity index (χ3n) is 10.3. The Bertz CT molecular complexity index is 3000. The number of thiophene rings is 1. The highest BCUT2D eigenvalue weighted by molar-refractivity contribution is 8.05. The van der Waals surface area contributed by atoms with Crippen molar-refractivity contribution in [3.63, 3.8) is 0 Å². The molecule has 0 saturated carbocycles. The third kappa shape index (κ3) is 4.69. The summed E-state index contributed by atoms with van der Waals surface area (Å²) in [5.41, 5.74) is 7.51. The molecule has 0 bridgehead atoms. The van der Waals surface area contributed by atoms with Gasteiger partial charge in [0.2, 0.25) is 0 Å². The SMILES string of the molecule is c1ccc2c(c1)Sc1cccc(-c3cc(-c4ccc5c6ccccc6c6ccccc6c5c4)cc(-c4cccc5c4sc4ccccc45)c3)c1S2. The molecule has 1 aromatic heterocycles. The highest BCUT2D eigenvalue weighted by Gasteiger charge is 2.22. The molecule has 238 valence electrons. The van der Waals surface area contributed by atoms with Gasteiger partial charge in [-0.25, -0.2) is 0 Å². The van der Waals surface area contributed by atoms with Crippen LogP contribution in [0.25, 0.3) is 85.9 Å². The van der Waals surface area contributed by atoms with Crippen molar-refractivity contribution in [2.24, 2.45) is 0 Å². The Morgan fingerprint density at radius 3 is 1.59 bits per heavy atom. The van der Waals surface area contributed by atoms with Gasteiger partial charge in [-0.05, 0) is 114 Å². The van der Waals surface area contributed by atoms with Gasteiger partial charge in [0.25, 0.3) is 0 Å². The first-order valence-corrected chi connectivity index (χ1v) is 19.7. The molecular weight excluding hydrogens is 673 g/mol. The normalized spacial score (nSPS) is 12.5. The Kier molecular flexibility index (Phi) is 6.70. The maximum Gasteiger partial charge on any atom is 0.0433 e. The number of fused-ring (bicyclic) bond motifs is 11. The lowest BCUT2D eigenvalue weighted by atomic mass is 9.90. The van der Waals surface area contributed by atoms with Crippen molar-refractivity contribution in [1.29, 1.82) is 0 Å². The van der Waals surface area contributed by atoms with E-state index in [9.17, 15) is 0 Å². The number of hydrogen-bond acceptors (Lipinski definition) is 3. The van der Waals surface area contributed by atoms with E-state index >= 15 is 0 Å². The molecule has 1 aliphatic heterocycles. The molecule has 0 atom stereocenters. The van der Waals surface area contributed by atoms with Crippen LogP contribution in [0.4, 0.5) is 0 Å². The summed E-state index contributed by atoms with van der Waals surface area (Å²) < 4.78 is 2.67. The lowest BCUT2D eigenvalue weighted by molar-refractivity contribution is 1.16. The van der Waals surface area contributed by atoms with E-state index in [0.29, 0.717) is 0 Å². The fourth-order valence-electron chi connectivity index (χ4n) is 7.94. The van der Waals surface area contributed by atoms with Crippen LogP contribution in [-0.2, 0) is 0 Å². The van der Waals surface area contributed by atoms with Crippen molar-refractivity contribution in [3.8, 4) is 33.4 Å². The monoisotopic (exact) mass is 700 g/mol. The van der Waals surface area contributed by atoms with Crippen LogP contribution < -0.4 is 0 Å². The second-order valence-corrected chi connectivity index (χ2v) is 16.4.